The molecule has 1 aromatic heterocycles. The Morgan fingerprint density at radius 1 is 1.61 bits per heavy atom. The second-order valence-corrected chi connectivity index (χ2v) is 4.61. The van der Waals surface area contributed by atoms with Gasteiger partial charge in [-0.1, -0.05) is 11.6 Å². The Morgan fingerprint density at radius 3 is 3.00 bits per heavy atom. The minimum Gasteiger partial charge on any atom is -0.461 e. The molecular weight excluding hydrogens is 256 g/mol. The molecule has 1 unspecified atom stereocenters. The molecule has 0 bridgehead atoms. The van der Waals surface area contributed by atoms with Crippen LogP contribution in [0.1, 0.15) is 48.6 Å². The Hall–Kier alpha value is -1.07. The first-order chi connectivity index (χ1) is 8.65. The summed E-state index contributed by atoms with van der Waals surface area (Å²) in [7, 11) is 0. The van der Waals surface area contributed by atoms with Gasteiger partial charge in [-0.2, -0.15) is 5.10 Å². The highest BCUT2D eigenvalue weighted by Crippen LogP contribution is 2.28. The fourth-order valence-electron chi connectivity index (χ4n) is 2.03. The number of rotatable bonds is 3. The van der Waals surface area contributed by atoms with E-state index in [9.17, 15) is 4.79 Å². The molecule has 0 aromatic carbocycles. The van der Waals surface area contributed by atoms with Crippen LogP contribution in [0.5, 0.6) is 0 Å². The highest BCUT2D eigenvalue weighted by Gasteiger charge is 2.25. The molecule has 6 heteroatoms. The van der Waals surface area contributed by atoms with E-state index in [0.29, 0.717) is 11.6 Å². The highest BCUT2D eigenvalue weighted by atomic mass is 35.5. The predicted molar refractivity (Wildman–Crippen MR) is 66.8 cm³/mol. The Morgan fingerprint density at radius 2 is 2.39 bits per heavy atom. The van der Waals surface area contributed by atoms with Crippen molar-refractivity contribution < 1.29 is 14.3 Å². The van der Waals surface area contributed by atoms with Gasteiger partial charge in [-0.05, 0) is 33.1 Å². The maximum atomic E-state index is 11.7. The molecule has 1 aliphatic rings. The highest BCUT2D eigenvalue weighted by molar-refractivity contribution is 6.33. The first-order valence-corrected chi connectivity index (χ1v) is 6.56. The van der Waals surface area contributed by atoms with Crippen molar-refractivity contribution in [1.29, 1.82) is 0 Å². The van der Waals surface area contributed by atoms with Crippen LogP contribution in [0.2, 0.25) is 5.02 Å². The van der Waals surface area contributed by atoms with Crippen molar-refractivity contribution >= 4 is 17.6 Å². The van der Waals surface area contributed by atoms with Crippen LogP contribution in [0.25, 0.3) is 0 Å². The van der Waals surface area contributed by atoms with Gasteiger partial charge in [0.05, 0.1) is 17.3 Å². The van der Waals surface area contributed by atoms with Crippen molar-refractivity contribution in [2.45, 2.75) is 39.3 Å². The summed E-state index contributed by atoms with van der Waals surface area (Å²) in [5.74, 6) is -0.486. The zero-order valence-corrected chi connectivity index (χ0v) is 11.4. The van der Waals surface area contributed by atoms with Gasteiger partial charge in [-0.15, -0.1) is 0 Å². The zero-order chi connectivity index (χ0) is 13.1. The van der Waals surface area contributed by atoms with Crippen LogP contribution < -0.4 is 0 Å². The lowest BCUT2D eigenvalue weighted by Crippen LogP contribution is -2.20. The molecule has 18 heavy (non-hydrogen) atoms. The smallest absolute Gasteiger partial charge is 0.360 e. The molecule has 0 amide bonds. The lowest BCUT2D eigenvalue weighted by atomic mass is 10.2. The summed E-state index contributed by atoms with van der Waals surface area (Å²) in [5.41, 5.74) is 0.914. The number of carbonyl (C=O) groups is 1. The van der Waals surface area contributed by atoms with E-state index >= 15 is 0 Å². The van der Waals surface area contributed by atoms with Gasteiger partial charge < -0.3 is 9.47 Å². The average Bonchev–Trinajstić information content (AvgIpc) is 2.68. The van der Waals surface area contributed by atoms with E-state index in [1.54, 1.807) is 11.6 Å². The summed E-state index contributed by atoms with van der Waals surface area (Å²) >= 11 is 6.12. The quantitative estimate of drug-likeness (QED) is 0.794. The molecule has 100 valence electrons. The first-order valence-electron chi connectivity index (χ1n) is 6.18. The van der Waals surface area contributed by atoms with Gasteiger partial charge in [0.1, 0.15) is 0 Å². The van der Waals surface area contributed by atoms with E-state index in [1.807, 2.05) is 6.92 Å². The number of aromatic nitrogens is 2. The maximum Gasteiger partial charge on any atom is 0.360 e. The van der Waals surface area contributed by atoms with E-state index < -0.39 is 5.97 Å². The Balaban J connectivity index is 2.26. The van der Waals surface area contributed by atoms with Gasteiger partial charge in [0, 0.05) is 6.61 Å². The van der Waals surface area contributed by atoms with E-state index in [1.165, 1.54) is 0 Å². The predicted octanol–water partition coefficient (Wildman–Crippen LogP) is 2.72. The van der Waals surface area contributed by atoms with E-state index in [0.717, 1.165) is 31.6 Å². The zero-order valence-electron chi connectivity index (χ0n) is 10.6. The van der Waals surface area contributed by atoms with Crippen LogP contribution in [0.4, 0.5) is 0 Å². The first kappa shape index (κ1) is 13.4. The molecule has 2 rings (SSSR count). The Labute approximate surface area is 111 Å². The number of carbonyl (C=O) groups excluding carboxylic acids is 1. The third-order valence-electron chi connectivity index (χ3n) is 2.97. The molecule has 0 N–H and O–H groups in total. The van der Waals surface area contributed by atoms with Gasteiger partial charge in [0.25, 0.3) is 0 Å². The second-order valence-electron chi connectivity index (χ2n) is 4.23. The van der Waals surface area contributed by atoms with Crippen LogP contribution in [0.15, 0.2) is 0 Å². The Bertz CT molecular complexity index is 439. The van der Waals surface area contributed by atoms with Gasteiger partial charge in [0.2, 0.25) is 0 Å². The molecule has 0 radical (unpaired) electrons. The molecule has 1 aromatic rings. The van der Waals surface area contributed by atoms with Gasteiger partial charge in [0.15, 0.2) is 11.9 Å². The second kappa shape index (κ2) is 5.71. The van der Waals surface area contributed by atoms with Crippen LogP contribution >= 0.6 is 11.6 Å². The monoisotopic (exact) mass is 272 g/mol. The molecule has 1 fully saturated rings. The lowest BCUT2D eigenvalue weighted by Gasteiger charge is -2.23. The number of hydrogen-bond donors (Lipinski definition) is 0. The summed E-state index contributed by atoms with van der Waals surface area (Å²) in [6.45, 7) is 4.60. The van der Waals surface area contributed by atoms with Crippen LogP contribution in [-0.2, 0) is 9.47 Å². The SMILES string of the molecule is CCOC(=O)c1nn(C2CCCCO2)c(C)c1Cl. The van der Waals surface area contributed by atoms with Crippen molar-refractivity contribution in [2.24, 2.45) is 0 Å². The summed E-state index contributed by atoms with van der Waals surface area (Å²) in [6.07, 6.45) is 2.92. The van der Waals surface area contributed by atoms with E-state index in [-0.39, 0.29) is 11.9 Å². The third-order valence-corrected chi connectivity index (χ3v) is 3.43. The topological polar surface area (TPSA) is 53.3 Å². The number of nitrogens with zero attached hydrogens (tertiary/aromatic N) is 2. The van der Waals surface area contributed by atoms with Crippen molar-refractivity contribution in [3.8, 4) is 0 Å². The van der Waals surface area contributed by atoms with Gasteiger partial charge in [-0.25, -0.2) is 9.48 Å². The van der Waals surface area contributed by atoms with Gasteiger partial charge in [-0.3, -0.25) is 0 Å². The Kier molecular flexibility index (Phi) is 4.24. The van der Waals surface area contributed by atoms with Crippen molar-refractivity contribution in [3.63, 3.8) is 0 Å². The fraction of sp³-hybridized carbons (Fsp3) is 0.667. The molecular formula is C12H17ClN2O3. The summed E-state index contributed by atoms with van der Waals surface area (Å²) in [5, 5.41) is 4.59. The van der Waals surface area contributed by atoms with Crippen LogP contribution in [0.3, 0.4) is 0 Å². The van der Waals surface area contributed by atoms with Gasteiger partial charge >= 0.3 is 5.97 Å². The molecule has 0 spiro atoms. The minimum atomic E-state index is -0.486. The summed E-state index contributed by atoms with van der Waals surface area (Å²) < 4.78 is 12.3. The van der Waals surface area contributed by atoms with Crippen molar-refractivity contribution in [2.75, 3.05) is 13.2 Å². The third kappa shape index (κ3) is 2.52. The maximum absolute atomic E-state index is 11.7. The number of ether oxygens (including phenoxy) is 2. The average molecular weight is 273 g/mol. The molecule has 0 aliphatic carbocycles. The molecule has 0 saturated carbocycles. The van der Waals surface area contributed by atoms with E-state index in [4.69, 9.17) is 21.1 Å². The standard InChI is InChI=1S/C12H17ClN2O3/c1-3-17-12(16)11-10(13)8(2)15(14-11)9-6-4-5-7-18-9/h9H,3-7H2,1-2H3. The normalized spacial score (nSPS) is 19.8. The van der Waals surface area contributed by atoms with Crippen LogP contribution in [0, 0.1) is 6.92 Å². The minimum absolute atomic E-state index is 0.126. The largest absolute Gasteiger partial charge is 0.461 e. The summed E-state index contributed by atoms with van der Waals surface area (Å²) in [4.78, 5) is 11.7. The number of hydrogen-bond acceptors (Lipinski definition) is 4. The van der Waals surface area contributed by atoms with Crippen LogP contribution in [-0.4, -0.2) is 29.0 Å². The summed E-state index contributed by atoms with van der Waals surface area (Å²) in [6, 6.07) is 0. The van der Waals surface area contributed by atoms with Crippen molar-refractivity contribution in [3.05, 3.63) is 16.4 Å². The van der Waals surface area contributed by atoms with E-state index in [2.05, 4.69) is 5.10 Å². The molecule has 2 heterocycles. The van der Waals surface area contributed by atoms with Crippen molar-refractivity contribution in [1.82, 2.24) is 9.78 Å². The number of halogens is 1. The lowest BCUT2D eigenvalue weighted by molar-refractivity contribution is -0.0408. The number of esters is 1. The molecule has 1 atom stereocenters. The molecule has 1 aliphatic heterocycles. The fourth-order valence-corrected chi connectivity index (χ4v) is 2.23. The molecule has 5 nitrogen and oxygen atoms in total. The molecule has 1 saturated heterocycles.